The van der Waals surface area contributed by atoms with Crippen LogP contribution in [0.2, 0.25) is 0 Å². The van der Waals surface area contributed by atoms with Crippen molar-refractivity contribution < 1.29 is 0 Å². The minimum Gasteiger partial charge on any atom is -0.316 e. The van der Waals surface area contributed by atoms with Crippen molar-refractivity contribution in [2.45, 2.75) is 44.6 Å². The molecule has 1 aromatic rings. The number of fused-ring (bicyclic) bond motifs is 1. The fourth-order valence-electron chi connectivity index (χ4n) is 2.70. The summed E-state index contributed by atoms with van der Waals surface area (Å²) >= 11 is 0. The normalized spacial score (nSPS) is 26.3. The van der Waals surface area contributed by atoms with Gasteiger partial charge in [0.1, 0.15) is 11.6 Å². The van der Waals surface area contributed by atoms with E-state index in [0.717, 1.165) is 26.1 Å². The van der Waals surface area contributed by atoms with Gasteiger partial charge in [-0.25, -0.2) is 0 Å². The molecular formula is C11H18N4. The van der Waals surface area contributed by atoms with Crippen molar-refractivity contribution in [1.82, 2.24) is 20.1 Å². The predicted molar refractivity (Wildman–Crippen MR) is 57.8 cm³/mol. The molecule has 82 valence electrons. The average Bonchev–Trinajstić information content (AvgIpc) is 2.74. The second kappa shape index (κ2) is 3.93. The molecule has 1 N–H and O–H groups in total. The Bertz CT molecular complexity index is 338. The molecule has 0 bridgehead atoms. The standard InChI is InChI=1S/C11H18N4/c1-2-7-15-10(5-1)13-14-11(15)9-4-3-6-12-8-9/h9,12H,1-8H2. The van der Waals surface area contributed by atoms with E-state index >= 15 is 0 Å². The Morgan fingerprint density at radius 2 is 2.20 bits per heavy atom. The third-order valence-electron chi connectivity index (χ3n) is 3.55. The van der Waals surface area contributed by atoms with Gasteiger partial charge in [0.25, 0.3) is 0 Å². The first kappa shape index (κ1) is 9.33. The summed E-state index contributed by atoms with van der Waals surface area (Å²) in [5, 5.41) is 12.2. The summed E-state index contributed by atoms with van der Waals surface area (Å²) in [6, 6.07) is 0. The van der Waals surface area contributed by atoms with Crippen molar-refractivity contribution in [1.29, 1.82) is 0 Å². The molecule has 3 rings (SSSR count). The molecule has 3 heterocycles. The molecule has 1 aromatic heterocycles. The van der Waals surface area contributed by atoms with Gasteiger partial charge in [-0.3, -0.25) is 0 Å². The summed E-state index contributed by atoms with van der Waals surface area (Å²) in [6.45, 7) is 3.38. The molecule has 0 amide bonds. The van der Waals surface area contributed by atoms with E-state index in [0.29, 0.717) is 5.92 Å². The zero-order valence-electron chi connectivity index (χ0n) is 9.08. The Kier molecular flexibility index (Phi) is 2.44. The highest BCUT2D eigenvalue weighted by molar-refractivity contribution is 5.05. The highest BCUT2D eigenvalue weighted by Crippen LogP contribution is 2.24. The molecule has 1 unspecified atom stereocenters. The monoisotopic (exact) mass is 206 g/mol. The molecule has 15 heavy (non-hydrogen) atoms. The molecule has 1 fully saturated rings. The molecule has 2 aliphatic rings. The van der Waals surface area contributed by atoms with Crippen LogP contribution in [0.1, 0.15) is 43.3 Å². The van der Waals surface area contributed by atoms with Gasteiger partial charge in [-0.15, -0.1) is 10.2 Å². The third-order valence-corrected chi connectivity index (χ3v) is 3.55. The smallest absolute Gasteiger partial charge is 0.137 e. The van der Waals surface area contributed by atoms with Gasteiger partial charge in [0.2, 0.25) is 0 Å². The van der Waals surface area contributed by atoms with Gasteiger partial charge < -0.3 is 9.88 Å². The van der Waals surface area contributed by atoms with Gasteiger partial charge in [-0.2, -0.15) is 0 Å². The first-order valence-electron chi connectivity index (χ1n) is 6.08. The van der Waals surface area contributed by atoms with Crippen LogP contribution in [0.3, 0.4) is 0 Å². The fourth-order valence-corrected chi connectivity index (χ4v) is 2.70. The van der Waals surface area contributed by atoms with Crippen LogP contribution in [0.5, 0.6) is 0 Å². The van der Waals surface area contributed by atoms with E-state index in [-0.39, 0.29) is 0 Å². The minimum atomic E-state index is 0.595. The summed E-state index contributed by atoms with van der Waals surface area (Å²) in [5.74, 6) is 3.04. The third kappa shape index (κ3) is 1.67. The Hall–Kier alpha value is -0.900. The van der Waals surface area contributed by atoms with Gasteiger partial charge in [-0.05, 0) is 32.2 Å². The average molecular weight is 206 g/mol. The zero-order chi connectivity index (χ0) is 10.1. The van der Waals surface area contributed by atoms with Crippen LogP contribution in [0.25, 0.3) is 0 Å². The van der Waals surface area contributed by atoms with Crippen molar-refractivity contribution in [2.24, 2.45) is 0 Å². The maximum absolute atomic E-state index is 4.39. The molecular weight excluding hydrogens is 188 g/mol. The van der Waals surface area contributed by atoms with Crippen LogP contribution >= 0.6 is 0 Å². The first-order valence-corrected chi connectivity index (χ1v) is 6.08. The van der Waals surface area contributed by atoms with Crippen molar-refractivity contribution in [3.63, 3.8) is 0 Å². The second-order valence-corrected chi connectivity index (χ2v) is 4.63. The van der Waals surface area contributed by atoms with E-state index in [4.69, 9.17) is 0 Å². The van der Waals surface area contributed by atoms with Crippen LogP contribution < -0.4 is 5.32 Å². The Morgan fingerprint density at radius 3 is 3.07 bits per heavy atom. The maximum Gasteiger partial charge on any atom is 0.137 e. The molecule has 0 spiro atoms. The van der Waals surface area contributed by atoms with Gasteiger partial charge >= 0.3 is 0 Å². The van der Waals surface area contributed by atoms with Crippen LogP contribution in [0.15, 0.2) is 0 Å². The molecule has 4 nitrogen and oxygen atoms in total. The summed E-state index contributed by atoms with van der Waals surface area (Å²) in [4.78, 5) is 0. The van der Waals surface area contributed by atoms with Crippen LogP contribution in [0.4, 0.5) is 0 Å². The van der Waals surface area contributed by atoms with Gasteiger partial charge in [0.15, 0.2) is 0 Å². The molecule has 0 aromatic carbocycles. The van der Waals surface area contributed by atoms with Crippen LogP contribution in [-0.4, -0.2) is 27.9 Å². The Morgan fingerprint density at radius 1 is 1.20 bits per heavy atom. The lowest BCUT2D eigenvalue weighted by Crippen LogP contribution is -2.30. The Labute approximate surface area is 90.1 Å². The first-order chi connectivity index (χ1) is 7.45. The van der Waals surface area contributed by atoms with E-state index in [9.17, 15) is 0 Å². The van der Waals surface area contributed by atoms with Crippen molar-refractivity contribution >= 4 is 0 Å². The lowest BCUT2D eigenvalue weighted by Gasteiger charge is -2.24. The lowest BCUT2D eigenvalue weighted by molar-refractivity contribution is 0.417. The molecule has 0 saturated carbocycles. The van der Waals surface area contributed by atoms with E-state index in [1.54, 1.807) is 0 Å². The summed E-state index contributed by atoms with van der Waals surface area (Å²) in [6.07, 6.45) is 6.23. The van der Waals surface area contributed by atoms with Gasteiger partial charge in [-0.1, -0.05) is 0 Å². The SMILES string of the molecule is C1CCn2c(nnc2C2CCCNC2)C1. The number of piperidine rings is 1. The summed E-state index contributed by atoms with van der Waals surface area (Å²) in [5.41, 5.74) is 0. The van der Waals surface area contributed by atoms with Crippen LogP contribution in [-0.2, 0) is 13.0 Å². The molecule has 1 atom stereocenters. The molecule has 2 aliphatic heterocycles. The van der Waals surface area contributed by atoms with Crippen molar-refractivity contribution in [2.75, 3.05) is 13.1 Å². The van der Waals surface area contributed by atoms with E-state index < -0.39 is 0 Å². The number of hydrogen-bond acceptors (Lipinski definition) is 3. The highest BCUT2D eigenvalue weighted by atomic mass is 15.3. The topological polar surface area (TPSA) is 42.7 Å². The number of aromatic nitrogens is 3. The van der Waals surface area contributed by atoms with E-state index in [1.165, 1.54) is 37.3 Å². The molecule has 0 aliphatic carbocycles. The number of nitrogens with one attached hydrogen (secondary N) is 1. The quantitative estimate of drug-likeness (QED) is 0.747. The highest BCUT2D eigenvalue weighted by Gasteiger charge is 2.23. The predicted octanol–water partition coefficient (Wildman–Crippen LogP) is 1.08. The molecule has 1 saturated heterocycles. The number of hydrogen-bond donors (Lipinski definition) is 1. The summed E-state index contributed by atoms with van der Waals surface area (Å²) in [7, 11) is 0. The molecule has 4 heteroatoms. The fraction of sp³-hybridized carbons (Fsp3) is 0.818. The van der Waals surface area contributed by atoms with Crippen LogP contribution in [0, 0.1) is 0 Å². The molecule has 0 radical (unpaired) electrons. The van der Waals surface area contributed by atoms with E-state index in [1.807, 2.05) is 0 Å². The van der Waals surface area contributed by atoms with Crippen molar-refractivity contribution in [3.8, 4) is 0 Å². The Balaban J connectivity index is 1.87. The van der Waals surface area contributed by atoms with Crippen molar-refractivity contribution in [3.05, 3.63) is 11.6 Å². The largest absolute Gasteiger partial charge is 0.316 e. The number of nitrogens with zero attached hydrogens (tertiary/aromatic N) is 3. The van der Waals surface area contributed by atoms with Gasteiger partial charge in [0.05, 0.1) is 0 Å². The minimum absolute atomic E-state index is 0.595. The van der Waals surface area contributed by atoms with Gasteiger partial charge in [0, 0.05) is 25.4 Å². The lowest BCUT2D eigenvalue weighted by atomic mass is 9.98. The van der Waals surface area contributed by atoms with E-state index in [2.05, 4.69) is 20.1 Å². The number of rotatable bonds is 1. The number of aryl methyl sites for hydroxylation is 1. The second-order valence-electron chi connectivity index (χ2n) is 4.63. The summed E-state index contributed by atoms with van der Waals surface area (Å²) < 4.78 is 2.36. The zero-order valence-corrected chi connectivity index (χ0v) is 9.08. The maximum atomic E-state index is 4.39.